The summed E-state index contributed by atoms with van der Waals surface area (Å²) in [6.45, 7) is 4.31. The van der Waals surface area contributed by atoms with Crippen LogP contribution in [0.2, 0.25) is 0 Å². The molecular weight excluding hydrogens is 413 g/mol. The maximum atomic E-state index is 13.1. The molecule has 1 unspecified atom stereocenters. The Morgan fingerprint density at radius 2 is 2.04 bits per heavy atom. The van der Waals surface area contributed by atoms with E-state index in [4.69, 9.17) is 4.74 Å². The monoisotopic (exact) mass is 431 g/mol. The van der Waals surface area contributed by atoms with Crippen molar-refractivity contribution in [3.63, 3.8) is 0 Å². The van der Waals surface area contributed by atoms with E-state index in [2.05, 4.69) is 26.2 Å². The second-order valence-electron chi connectivity index (χ2n) is 6.12. The molecule has 2 aromatic carbocycles. The van der Waals surface area contributed by atoms with Gasteiger partial charge in [0.1, 0.15) is 17.4 Å². The van der Waals surface area contributed by atoms with Crippen LogP contribution in [0, 0.1) is 12.7 Å². The number of amides is 1. The zero-order chi connectivity index (χ0) is 19.4. The number of benzene rings is 2. The summed E-state index contributed by atoms with van der Waals surface area (Å²) >= 11 is 3.23. The lowest BCUT2D eigenvalue weighted by Gasteiger charge is -2.16. The van der Waals surface area contributed by atoms with Crippen molar-refractivity contribution in [1.82, 2.24) is 9.55 Å². The molecule has 0 radical (unpaired) electrons. The minimum atomic E-state index is -0.736. The fourth-order valence-corrected chi connectivity index (χ4v) is 2.96. The van der Waals surface area contributed by atoms with E-state index in [1.807, 2.05) is 42.0 Å². The molecule has 0 saturated heterocycles. The minimum Gasteiger partial charge on any atom is -0.480 e. The van der Waals surface area contributed by atoms with Gasteiger partial charge in [-0.15, -0.1) is 0 Å². The summed E-state index contributed by atoms with van der Waals surface area (Å²) in [5.41, 5.74) is 1.79. The number of nitrogens with zero attached hydrogens (tertiary/aromatic N) is 2. The number of aromatic nitrogens is 2. The molecule has 0 bridgehead atoms. The third-order valence-electron chi connectivity index (χ3n) is 4.06. The van der Waals surface area contributed by atoms with E-state index in [0.717, 1.165) is 17.9 Å². The molecule has 1 atom stereocenters. The van der Waals surface area contributed by atoms with E-state index >= 15 is 0 Å². The standard InChI is InChI=1S/C20H19BrFN3O2/c1-13(27-19-8-5-16(22)11-18(19)21)20(26)24-17-6-3-15(4-7-17)12-25-10-9-23-14(25)2/h3-11,13H,12H2,1-2H3,(H,24,26). The summed E-state index contributed by atoms with van der Waals surface area (Å²) < 4.78 is 21.2. The van der Waals surface area contributed by atoms with Crippen molar-refractivity contribution in [1.29, 1.82) is 0 Å². The topological polar surface area (TPSA) is 56.2 Å². The first-order valence-corrected chi connectivity index (χ1v) is 9.21. The van der Waals surface area contributed by atoms with Gasteiger partial charge in [0.25, 0.3) is 5.91 Å². The molecule has 3 aromatic rings. The van der Waals surface area contributed by atoms with Gasteiger partial charge in [0.15, 0.2) is 6.10 Å². The van der Waals surface area contributed by atoms with Crippen molar-refractivity contribution in [2.75, 3.05) is 5.32 Å². The Labute approximate surface area is 165 Å². The number of nitrogens with one attached hydrogen (secondary N) is 1. The average Bonchev–Trinajstić information content (AvgIpc) is 3.03. The van der Waals surface area contributed by atoms with Crippen LogP contribution < -0.4 is 10.1 Å². The molecule has 0 aliphatic rings. The second-order valence-corrected chi connectivity index (χ2v) is 6.98. The SMILES string of the molecule is Cc1nccn1Cc1ccc(NC(=O)C(C)Oc2ccc(F)cc2Br)cc1. The number of hydrogen-bond donors (Lipinski definition) is 1. The number of anilines is 1. The maximum absolute atomic E-state index is 13.1. The van der Waals surface area contributed by atoms with Crippen LogP contribution in [0.3, 0.4) is 0 Å². The van der Waals surface area contributed by atoms with Crippen LogP contribution in [0.25, 0.3) is 0 Å². The van der Waals surface area contributed by atoms with Crippen LogP contribution in [0.5, 0.6) is 5.75 Å². The molecule has 1 N–H and O–H groups in total. The Morgan fingerprint density at radius 3 is 2.67 bits per heavy atom. The molecule has 7 heteroatoms. The van der Waals surface area contributed by atoms with Crippen molar-refractivity contribution in [3.05, 3.63) is 76.5 Å². The Kier molecular flexibility index (Phi) is 5.91. The zero-order valence-electron chi connectivity index (χ0n) is 14.9. The minimum absolute atomic E-state index is 0.288. The maximum Gasteiger partial charge on any atom is 0.265 e. The van der Waals surface area contributed by atoms with E-state index in [1.165, 1.54) is 18.2 Å². The Morgan fingerprint density at radius 1 is 1.30 bits per heavy atom. The average molecular weight is 432 g/mol. The summed E-state index contributed by atoms with van der Waals surface area (Å²) in [6.07, 6.45) is 2.96. The lowest BCUT2D eigenvalue weighted by molar-refractivity contribution is -0.122. The van der Waals surface area contributed by atoms with Crippen molar-refractivity contribution in [3.8, 4) is 5.75 Å². The first-order chi connectivity index (χ1) is 12.9. The zero-order valence-corrected chi connectivity index (χ0v) is 16.5. The summed E-state index contributed by atoms with van der Waals surface area (Å²) in [4.78, 5) is 16.5. The lowest BCUT2D eigenvalue weighted by Crippen LogP contribution is -2.30. The first-order valence-electron chi connectivity index (χ1n) is 8.41. The molecule has 0 aliphatic heterocycles. The van der Waals surface area contributed by atoms with Crippen molar-refractivity contribution in [2.45, 2.75) is 26.5 Å². The first kappa shape index (κ1) is 19.1. The predicted molar refractivity (Wildman–Crippen MR) is 105 cm³/mol. The highest BCUT2D eigenvalue weighted by molar-refractivity contribution is 9.10. The molecule has 5 nitrogen and oxygen atoms in total. The van der Waals surface area contributed by atoms with Crippen LogP contribution in [0.15, 0.2) is 59.3 Å². The van der Waals surface area contributed by atoms with Crippen molar-refractivity contribution in [2.24, 2.45) is 0 Å². The molecule has 1 aromatic heterocycles. The fourth-order valence-electron chi connectivity index (χ4n) is 2.52. The third kappa shape index (κ3) is 4.95. The van der Waals surface area contributed by atoms with Crippen LogP contribution >= 0.6 is 15.9 Å². The van der Waals surface area contributed by atoms with Gasteiger partial charge < -0.3 is 14.6 Å². The molecule has 27 heavy (non-hydrogen) atoms. The Hall–Kier alpha value is -2.67. The smallest absolute Gasteiger partial charge is 0.265 e. The number of carbonyl (C=O) groups excluding carboxylic acids is 1. The van der Waals surface area contributed by atoms with Crippen LogP contribution in [-0.2, 0) is 11.3 Å². The van der Waals surface area contributed by atoms with Gasteiger partial charge in [-0.2, -0.15) is 0 Å². The van der Waals surface area contributed by atoms with E-state index in [-0.39, 0.29) is 11.7 Å². The number of aryl methyl sites for hydroxylation is 1. The normalized spacial score (nSPS) is 11.9. The van der Waals surface area contributed by atoms with E-state index < -0.39 is 6.10 Å². The molecule has 1 heterocycles. The van der Waals surface area contributed by atoms with Gasteiger partial charge in [0.05, 0.1) is 4.47 Å². The van der Waals surface area contributed by atoms with Gasteiger partial charge in [-0.05, 0) is 65.7 Å². The number of carbonyl (C=O) groups is 1. The van der Waals surface area contributed by atoms with Gasteiger partial charge in [0.2, 0.25) is 0 Å². The molecular formula is C20H19BrFN3O2. The molecule has 0 fully saturated rings. The summed E-state index contributed by atoms with van der Waals surface area (Å²) in [5.74, 6) is 0.692. The summed E-state index contributed by atoms with van der Waals surface area (Å²) in [5, 5.41) is 2.82. The molecule has 3 rings (SSSR count). The Bertz CT molecular complexity index is 941. The van der Waals surface area contributed by atoms with E-state index in [9.17, 15) is 9.18 Å². The number of hydrogen-bond acceptors (Lipinski definition) is 3. The summed E-state index contributed by atoms with van der Waals surface area (Å²) in [7, 11) is 0. The fraction of sp³-hybridized carbons (Fsp3) is 0.200. The third-order valence-corrected chi connectivity index (χ3v) is 4.68. The van der Waals surface area contributed by atoms with Crippen LogP contribution in [0.1, 0.15) is 18.3 Å². The molecule has 0 spiro atoms. The van der Waals surface area contributed by atoms with Gasteiger partial charge in [-0.3, -0.25) is 4.79 Å². The molecule has 0 aliphatic carbocycles. The van der Waals surface area contributed by atoms with E-state index in [0.29, 0.717) is 15.9 Å². The molecule has 0 saturated carbocycles. The number of imidazole rings is 1. The van der Waals surface area contributed by atoms with Gasteiger partial charge >= 0.3 is 0 Å². The van der Waals surface area contributed by atoms with Crippen LogP contribution in [0.4, 0.5) is 10.1 Å². The largest absolute Gasteiger partial charge is 0.480 e. The van der Waals surface area contributed by atoms with Crippen molar-refractivity contribution >= 4 is 27.5 Å². The van der Waals surface area contributed by atoms with Crippen molar-refractivity contribution < 1.29 is 13.9 Å². The predicted octanol–water partition coefficient (Wildman–Crippen LogP) is 4.55. The highest BCUT2D eigenvalue weighted by atomic mass is 79.9. The molecule has 140 valence electrons. The highest BCUT2D eigenvalue weighted by Gasteiger charge is 2.16. The summed E-state index contributed by atoms with van der Waals surface area (Å²) in [6, 6.07) is 11.7. The lowest BCUT2D eigenvalue weighted by atomic mass is 10.2. The number of rotatable bonds is 6. The second kappa shape index (κ2) is 8.35. The van der Waals surface area contributed by atoms with Gasteiger partial charge in [-0.1, -0.05) is 12.1 Å². The Balaban J connectivity index is 1.59. The quantitative estimate of drug-likeness (QED) is 0.622. The van der Waals surface area contributed by atoms with E-state index in [1.54, 1.807) is 13.1 Å². The van der Waals surface area contributed by atoms with Crippen LogP contribution in [-0.4, -0.2) is 21.6 Å². The van der Waals surface area contributed by atoms with Gasteiger partial charge in [-0.25, -0.2) is 9.37 Å². The molecule has 1 amide bonds. The highest BCUT2D eigenvalue weighted by Crippen LogP contribution is 2.26. The van der Waals surface area contributed by atoms with Gasteiger partial charge in [0, 0.05) is 24.6 Å². The number of ether oxygens (including phenoxy) is 1. The number of halogens is 2.